The molecule has 8 nitrogen and oxygen atoms in total. The zero-order valence-electron chi connectivity index (χ0n) is 16.9. The standard InChI is InChI=1S/C21H24N2O6/c1-12-10-17(16-6-5-9-28-16)29-21(26)18(12)19(24)22-13-7-8-15(27-4)14(11-13)20(25)23(2)3/h7-8,10-11,16H,5-6,9H2,1-4H3,(H,22,24). The van der Waals surface area contributed by atoms with Gasteiger partial charge in [-0.15, -0.1) is 0 Å². The monoisotopic (exact) mass is 400 g/mol. The molecule has 0 saturated carbocycles. The van der Waals surface area contributed by atoms with Gasteiger partial charge in [-0.05, 0) is 49.6 Å². The van der Waals surface area contributed by atoms with E-state index in [0.717, 1.165) is 12.8 Å². The van der Waals surface area contributed by atoms with Crippen LogP contribution in [0.15, 0.2) is 33.5 Å². The van der Waals surface area contributed by atoms with Crippen LogP contribution in [-0.4, -0.2) is 44.5 Å². The van der Waals surface area contributed by atoms with Gasteiger partial charge in [0.25, 0.3) is 11.8 Å². The van der Waals surface area contributed by atoms with Gasteiger partial charge in [0.2, 0.25) is 0 Å². The van der Waals surface area contributed by atoms with Crippen molar-refractivity contribution in [3.05, 3.63) is 57.1 Å². The summed E-state index contributed by atoms with van der Waals surface area (Å²) in [7, 11) is 4.71. The first-order valence-corrected chi connectivity index (χ1v) is 9.29. The molecular weight excluding hydrogens is 376 g/mol. The highest BCUT2D eigenvalue weighted by Crippen LogP contribution is 2.29. The summed E-state index contributed by atoms with van der Waals surface area (Å²) >= 11 is 0. The van der Waals surface area contributed by atoms with Crippen LogP contribution in [0.3, 0.4) is 0 Å². The van der Waals surface area contributed by atoms with Crippen molar-refractivity contribution in [2.24, 2.45) is 0 Å². The van der Waals surface area contributed by atoms with Gasteiger partial charge in [-0.3, -0.25) is 9.59 Å². The number of anilines is 1. The molecule has 2 aromatic rings. The lowest BCUT2D eigenvalue weighted by molar-refractivity contribution is 0.0824. The summed E-state index contributed by atoms with van der Waals surface area (Å²) in [5.74, 6) is -0.0544. The first kappa shape index (κ1) is 20.6. The summed E-state index contributed by atoms with van der Waals surface area (Å²) in [4.78, 5) is 38.9. The molecule has 1 fully saturated rings. The fourth-order valence-corrected chi connectivity index (χ4v) is 3.25. The SMILES string of the molecule is COc1ccc(NC(=O)c2c(C)cc(C3CCCO3)oc2=O)cc1C(=O)N(C)C. The van der Waals surface area contributed by atoms with E-state index in [1.54, 1.807) is 39.2 Å². The Kier molecular flexibility index (Phi) is 6.03. The van der Waals surface area contributed by atoms with Gasteiger partial charge >= 0.3 is 5.63 Å². The quantitative estimate of drug-likeness (QED) is 0.829. The second kappa shape index (κ2) is 8.48. The average molecular weight is 400 g/mol. The lowest BCUT2D eigenvalue weighted by Crippen LogP contribution is -2.24. The van der Waals surface area contributed by atoms with E-state index in [4.69, 9.17) is 13.9 Å². The Bertz CT molecular complexity index is 989. The number of ether oxygens (including phenoxy) is 2. The zero-order valence-corrected chi connectivity index (χ0v) is 16.9. The van der Waals surface area contributed by atoms with E-state index in [1.807, 2.05) is 0 Å². The molecular formula is C21H24N2O6. The molecule has 1 aliphatic rings. The first-order chi connectivity index (χ1) is 13.8. The molecule has 1 atom stereocenters. The summed E-state index contributed by atoms with van der Waals surface area (Å²) in [5.41, 5.74) is 0.368. The van der Waals surface area contributed by atoms with E-state index in [0.29, 0.717) is 34.9 Å². The predicted octanol–water partition coefficient (Wildman–Crippen LogP) is 2.76. The molecule has 2 amide bonds. The molecule has 1 aromatic heterocycles. The van der Waals surface area contributed by atoms with Crippen LogP contribution in [0.1, 0.15) is 51.0 Å². The normalized spacial score (nSPS) is 15.8. The molecule has 1 unspecified atom stereocenters. The Morgan fingerprint density at radius 2 is 2.00 bits per heavy atom. The van der Waals surface area contributed by atoms with Gasteiger partial charge in [0, 0.05) is 26.4 Å². The predicted molar refractivity (Wildman–Crippen MR) is 107 cm³/mol. The van der Waals surface area contributed by atoms with Gasteiger partial charge < -0.3 is 24.1 Å². The number of carbonyl (C=O) groups excluding carboxylic acids is 2. The van der Waals surface area contributed by atoms with Crippen LogP contribution in [0.25, 0.3) is 0 Å². The summed E-state index contributed by atoms with van der Waals surface area (Å²) < 4.78 is 16.1. The minimum absolute atomic E-state index is 0.0805. The number of hydrogen-bond acceptors (Lipinski definition) is 6. The highest BCUT2D eigenvalue weighted by molar-refractivity contribution is 6.06. The van der Waals surface area contributed by atoms with E-state index in [2.05, 4.69) is 5.32 Å². The van der Waals surface area contributed by atoms with E-state index < -0.39 is 11.5 Å². The topological polar surface area (TPSA) is 98.1 Å². The summed E-state index contributed by atoms with van der Waals surface area (Å²) in [5, 5.41) is 2.66. The summed E-state index contributed by atoms with van der Waals surface area (Å²) in [6.07, 6.45) is 1.43. The lowest BCUT2D eigenvalue weighted by Gasteiger charge is -2.15. The second-order valence-electron chi connectivity index (χ2n) is 7.06. The molecule has 8 heteroatoms. The molecule has 0 aliphatic carbocycles. The Morgan fingerprint density at radius 3 is 2.59 bits per heavy atom. The van der Waals surface area contributed by atoms with Gasteiger partial charge in [-0.1, -0.05) is 0 Å². The minimum Gasteiger partial charge on any atom is -0.496 e. The minimum atomic E-state index is -0.717. The van der Waals surface area contributed by atoms with E-state index in [1.165, 1.54) is 18.1 Å². The van der Waals surface area contributed by atoms with Crippen molar-refractivity contribution in [3.8, 4) is 5.75 Å². The number of amides is 2. The molecule has 1 saturated heterocycles. The fourth-order valence-electron chi connectivity index (χ4n) is 3.25. The third-order valence-corrected chi connectivity index (χ3v) is 4.74. The second-order valence-corrected chi connectivity index (χ2v) is 7.06. The number of nitrogens with zero attached hydrogens (tertiary/aromatic N) is 1. The number of benzene rings is 1. The van der Waals surface area contributed by atoms with Crippen LogP contribution < -0.4 is 15.7 Å². The first-order valence-electron chi connectivity index (χ1n) is 9.29. The third kappa shape index (κ3) is 4.32. The van der Waals surface area contributed by atoms with Crippen LogP contribution in [0, 0.1) is 6.92 Å². The van der Waals surface area contributed by atoms with Crippen molar-refractivity contribution >= 4 is 17.5 Å². The summed E-state index contributed by atoms with van der Waals surface area (Å²) in [6, 6.07) is 6.36. The molecule has 1 N–H and O–H groups in total. The maximum absolute atomic E-state index is 12.7. The molecule has 3 rings (SSSR count). The van der Waals surface area contributed by atoms with Gasteiger partial charge in [-0.25, -0.2) is 4.79 Å². The van der Waals surface area contributed by atoms with Crippen molar-refractivity contribution in [1.82, 2.24) is 4.90 Å². The number of nitrogens with one attached hydrogen (secondary N) is 1. The molecule has 154 valence electrons. The molecule has 2 heterocycles. The van der Waals surface area contributed by atoms with Crippen molar-refractivity contribution in [1.29, 1.82) is 0 Å². The highest BCUT2D eigenvalue weighted by atomic mass is 16.5. The maximum Gasteiger partial charge on any atom is 0.349 e. The van der Waals surface area contributed by atoms with Crippen LogP contribution in [0.5, 0.6) is 5.75 Å². The molecule has 1 aliphatic heterocycles. The van der Waals surface area contributed by atoms with Gasteiger partial charge in [0.1, 0.15) is 23.2 Å². The number of rotatable bonds is 5. The number of methoxy groups -OCH3 is 1. The van der Waals surface area contributed by atoms with Crippen LogP contribution in [-0.2, 0) is 4.74 Å². The van der Waals surface area contributed by atoms with Crippen molar-refractivity contribution in [3.63, 3.8) is 0 Å². The third-order valence-electron chi connectivity index (χ3n) is 4.74. The molecule has 0 spiro atoms. The largest absolute Gasteiger partial charge is 0.496 e. The van der Waals surface area contributed by atoms with E-state index in [-0.39, 0.29) is 17.6 Å². The number of carbonyl (C=O) groups is 2. The average Bonchev–Trinajstić information content (AvgIpc) is 3.21. The van der Waals surface area contributed by atoms with Crippen molar-refractivity contribution in [2.75, 3.05) is 33.1 Å². The lowest BCUT2D eigenvalue weighted by atomic mass is 10.1. The van der Waals surface area contributed by atoms with Gasteiger partial charge in [0.05, 0.1) is 12.7 Å². The van der Waals surface area contributed by atoms with Crippen LogP contribution >= 0.6 is 0 Å². The maximum atomic E-state index is 12.7. The van der Waals surface area contributed by atoms with Crippen LogP contribution in [0.2, 0.25) is 0 Å². The Hall–Kier alpha value is -3.13. The van der Waals surface area contributed by atoms with Crippen molar-refractivity contribution < 1.29 is 23.5 Å². The highest BCUT2D eigenvalue weighted by Gasteiger charge is 2.24. The number of aryl methyl sites for hydroxylation is 1. The Labute approximate surface area is 168 Å². The Morgan fingerprint density at radius 1 is 1.24 bits per heavy atom. The van der Waals surface area contributed by atoms with Gasteiger partial charge in [-0.2, -0.15) is 0 Å². The molecule has 0 radical (unpaired) electrons. The van der Waals surface area contributed by atoms with Crippen molar-refractivity contribution in [2.45, 2.75) is 25.9 Å². The van der Waals surface area contributed by atoms with Crippen LogP contribution in [0.4, 0.5) is 5.69 Å². The smallest absolute Gasteiger partial charge is 0.349 e. The van der Waals surface area contributed by atoms with E-state index in [9.17, 15) is 14.4 Å². The van der Waals surface area contributed by atoms with Gasteiger partial charge in [0.15, 0.2) is 0 Å². The zero-order chi connectivity index (χ0) is 21.1. The summed E-state index contributed by atoms with van der Waals surface area (Å²) in [6.45, 7) is 2.31. The fraction of sp³-hybridized carbons (Fsp3) is 0.381. The molecule has 1 aromatic carbocycles. The number of hydrogen-bond donors (Lipinski definition) is 1. The molecule has 29 heavy (non-hydrogen) atoms. The van der Waals surface area contributed by atoms with E-state index >= 15 is 0 Å². The molecule has 0 bridgehead atoms. The Balaban J connectivity index is 1.88.